The van der Waals surface area contributed by atoms with Gasteiger partial charge in [-0.3, -0.25) is 4.79 Å². The van der Waals surface area contributed by atoms with E-state index in [1.165, 1.54) is 4.90 Å². The fraction of sp³-hybridized carbons (Fsp3) is 0.467. The number of carboxylic acid groups (broad SMARTS) is 1. The van der Waals surface area contributed by atoms with Gasteiger partial charge in [-0.25, -0.2) is 14.6 Å². The van der Waals surface area contributed by atoms with Gasteiger partial charge >= 0.3 is 18.0 Å². The van der Waals surface area contributed by atoms with E-state index >= 15 is 0 Å². The number of aromatic nitrogens is 1. The van der Waals surface area contributed by atoms with Crippen LogP contribution in [0.15, 0.2) is 18.3 Å². The van der Waals surface area contributed by atoms with Crippen LogP contribution in [-0.2, 0) is 14.3 Å². The smallest absolute Gasteiger partial charge is 0.407 e. The molecular formula is C15H20N4O5. The Morgan fingerprint density at radius 1 is 1.38 bits per heavy atom. The fourth-order valence-corrected chi connectivity index (χ4v) is 2.40. The molecule has 0 unspecified atom stereocenters. The molecular weight excluding hydrogens is 316 g/mol. The topological polar surface area (TPSA) is 121 Å². The Labute approximate surface area is 139 Å². The van der Waals surface area contributed by atoms with Gasteiger partial charge in [0.05, 0.1) is 12.3 Å². The third-order valence-electron chi connectivity index (χ3n) is 3.62. The van der Waals surface area contributed by atoms with Crippen LogP contribution in [0.2, 0.25) is 0 Å². The first-order valence-corrected chi connectivity index (χ1v) is 7.68. The van der Waals surface area contributed by atoms with E-state index in [0.29, 0.717) is 37.4 Å². The summed E-state index contributed by atoms with van der Waals surface area (Å²) in [6, 6.07) is 3.30. The van der Waals surface area contributed by atoms with Crippen molar-refractivity contribution in [3.8, 4) is 0 Å². The lowest BCUT2D eigenvalue weighted by Crippen LogP contribution is -2.41. The monoisotopic (exact) mass is 336 g/mol. The lowest BCUT2D eigenvalue weighted by Gasteiger charge is -2.31. The van der Waals surface area contributed by atoms with E-state index in [9.17, 15) is 14.4 Å². The molecule has 0 radical (unpaired) electrons. The van der Waals surface area contributed by atoms with Gasteiger partial charge in [0.1, 0.15) is 5.82 Å². The van der Waals surface area contributed by atoms with Crippen LogP contribution in [0.5, 0.6) is 0 Å². The van der Waals surface area contributed by atoms with Gasteiger partial charge in [-0.1, -0.05) is 0 Å². The maximum atomic E-state index is 11.8. The SMILES string of the molecule is CCOC(=O)C(=O)Nc1cccnc1NC1CCN(C(=O)O)CC1. The molecule has 9 heteroatoms. The normalized spacial score (nSPS) is 14.8. The van der Waals surface area contributed by atoms with Crippen LogP contribution < -0.4 is 10.6 Å². The van der Waals surface area contributed by atoms with Gasteiger partial charge in [0.2, 0.25) is 0 Å². The van der Waals surface area contributed by atoms with Crippen LogP contribution >= 0.6 is 0 Å². The quantitative estimate of drug-likeness (QED) is 0.557. The minimum atomic E-state index is -0.956. The Kier molecular flexibility index (Phi) is 5.94. The highest BCUT2D eigenvalue weighted by molar-refractivity contribution is 6.37. The number of anilines is 2. The molecule has 9 nitrogen and oxygen atoms in total. The maximum absolute atomic E-state index is 11.8. The molecule has 0 saturated carbocycles. The number of rotatable bonds is 4. The molecule has 0 aliphatic carbocycles. The molecule has 1 fully saturated rings. The first kappa shape index (κ1) is 17.5. The predicted molar refractivity (Wildman–Crippen MR) is 85.7 cm³/mol. The summed E-state index contributed by atoms with van der Waals surface area (Å²) in [4.78, 5) is 39.6. The van der Waals surface area contributed by atoms with E-state index in [1.807, 2.05) is 0 Å². The van der Waals surface area contributed by atoms with E-state index in [1.54, 1.807) is 25.3 Å². The van der Waals surface area contributed by atoms with E-state index in [0.717, 1.165) is 0 Å². The van der Waals surface area contributed by atoms with Crippen molar-refractivity contribution in [2.24, 2.45) is 0 Å². The number of amides is 2. The van der Waals surface area contributed by atoms with Crippen molar-refractivity contribution in [1.82, 2.24) is 9.88 Å². The number of piperidine rings is 1. The second kappa shape index (κ2) is 8.14. The Hall–Kier alpha value is -2.84. The second-order valence-electron chi connectivity index (χ2n) is 5.26. The number of hydrogen-bond donors (Lipinski definition) is 3. The van der Waals surface area contributed by atoms with Crippen LogP contribution in [-0.4, -0.2) is 58.7 Å². The Bertz CT molecular complexity index is 614. The van der Waals surface area contributed by atoms with Crippen LogP contribution in [0, 0.1) is 0 Å². The number of nitrogens with zero attached hydrogens (tertiary/aromatic N) is 2. The van der Waals surface area contributed by atoms with Crippen LogP contribution in [0.1, 0.15) is 19.8 Å². The molecule has 1 aliphatic rings. The Morgan fingerprint density at radius 3 is 2.71 bits per heavy atom. The molecule has 0 bridgehead atoms. The van der Waals surface area contributed by atoms with E-state index in [4.69, 9.17) is 5.11 Å². The van der Waals surface area contributed by atoms with Crippen molar-refractivity contribution >= 4 is 29.5 Å². The van der Waals surface area contributed by atoms with Gasteiger partial charge in [0.15, 0.2) is 0 Å². The zero-order chi connectivity index (χ0) is 17.5. The lowest BCUT2D eigenvalue weighted by atomic mass is 10.1. The van der Waals surface area contributed by atoms with Gasteiger partial charge in [-0.2, -0.15) is 0 Å². The van der Waals surface area contributed by atoms with Crippen LogP contribution in [0.3, 0.4) is 0 Å². The minimum Gasteiger partial charge on any atom is -0.465 e. The molecule has 0 aromatic carbocycles. The zero-order valence-electron chi connectivity index (χ0n) is 13.3. The zero-order valence-corrected chi connectivity index (χ0v) is 13.3. The van der Waals surface area contributed by atoms with Gasteiger partial charge in [0, 0.05) is 25.3 Å². The number of hydrogen-bond acceptors (Lipinski definition) is 6. The molecule has 1 aromatic heterocycles. The van der Waals surface area contributed by atoms with Crippen molar-refractivity contribution in [1.29, 1.82) is 0 Å². The predicted octanol–water partition coefficient (Wildman–Crippen LogP) is 1.14. The van der Waals surface area contributed by atoms with Gasteiger partial charge in [0.25, 0.3) is 0 Å². The van der Waals surface area contributed by atoms with Gasteiger partial charge in [-0.05, 0) is 31.9 Å². The summed E-state index contributed by atoms with van der Waals surface area (Å²) in [7, 11) is 0. The largest absolute Gasteiger partial charge is 0.465 e. The highest BCUT2D eigenvalue weighted by Gasteiger charge is 2.23. The summed E-state index contributed by atoms with van der Waals surface area (Å²) in [5.74, 6) is -1.39. The summed E-state index contributed by atoms with van der Waals surface area (Å²) < 4.78 is 4.65. The molecule has 1 aliphatic heterocycles. The highest BCUT2D eigenvalue weighted by atomic mass is 16.5. The summed E-state index contributed by atoms with van der Waals surface area (Å²) in [6.07, 6.45) is 1.91. The average molecular weight is 336 g/mol. The van der Waals surface area contributed by atoms with Gasteiger partial charge < -0.3 is 25.4 Å². The standard InChI is InChI=1S/C15H20N4O5/c1-2-24-14(21)13(20)18-11-4-3-7-16-12(11)17-10-5-8-19(9-6-10)15(22)23/h3-4,7,10H,2,5-6,8-9H2,1H3,(H,16,17)(H,18,20)(H,22,23). The fourth-order valence-electron chi connectivity index (χ4n) is 2.40. The van der Waals surface area contributed by atoms with Crippen molar-refractivity contribution in [2.45, 2.75) is 25.8 Å². The van der Waals surface area contributed by atoms with Crippen molar-refractivity contribution in [3.05, 3.63) is 18.3 Å². The molecule has 24 heavy (non-hydrogen) atoms. The summed E-state index contributed by atoms with van der Waals surface area (Å²) in [6.45, 7) is 2.60. The third-order valence-corrected chi connectivity index (χ3v) is 3.62. The first-order valence-electron chi connectivity index (χ1n) is 7.68. The van der Waals surface area contributed by atoms with Crippen molar-refractivity contribution in [3.63, 3.8) is 0 Å². The molecule has 1 aromatic rings. The highest BCUT2D eigenvalue weighted by Crippen LogP contribution is 2.22. The molecule has 0 spiro atoms. The van der Waals surface area contributed by atoms with Crippen LogP contribution in [0.25, 0.3) is 0 Å². The van der Waals surface area contributed by atoms with Crippen molar-refractivity contribution < 1.29 is 24.2 Å². The minimum absolute atomic E-state index is 0.0359. The summed E-state index contributed by atoms with van der Waals surface area (Å²) >= 11 is 0. The van der Waals surface area contributed by atoms with E-state index < -0.39 is 18.0 Å². The second-order valence-corrected chi connectivity index (χ2v) is 5.26. The number of esters is 1. The number of carbonyl (C=O) groups excluding carboxylic acids is 2. The van der Waals surface area contributed by atoms with Crippen molar-refractivity contribution in [2.75, 3.05) is 30.3 Å². The molecule has 2 heterocycles. The maximum Gasteiger partial charge on any atom is 0.407 e. The molecule has 2 amide bonds. The third kappa shape index (κ3) is 4.58. The molecule has 130 valence electrons. The first-order chi connectivity index (χ1) is 11.5. The number of carbonyl (C=O) groups is 3. The molecule has 2 rings (SSSR count). The Morgan fingerprint density at radius 2 is 2.08 bits per heavy atom. The number of pyridine rings is 1. The summed E-state index contributed by atoms with van der Waals surface area (Å²) in [5.41, 5.74) is 0.371. The number of nitrogens with one attached hydrogen (secondary N) is 2. The number of likely N-dealkylation sites (tertiary alicyclic amines) is 1. The van der Waals surface area contributed by atoms with E-state index in [2.05, 4.69) is 20.4 Å². The molecule has 0 atom stereocenters. The number of ether oxygens (including phenoxy) is 1. The van der Waals surface area contributed by atoms with Gasteiger partial charge in [-0.15, -0.1) is 0 Å². The average Bonchev–Trinajstić information content (AvgIpc) is 2.57. The summed E-state index contributed by atoms with van der Waals surface area (Å²) in [5, 5.41) is 14.6. The molecule has 3 N–H and O–H groups in total. The van der Waals surface area contributed by atoms with E-state index in [-0.39, 0.29) is 12.6 Å². The lowest BCUT2D eigenvalue weighted by molar-refractivity contribution is -0.152. The Balaban J connectivity index is 1.98. The van der Waals surface area contributed by atoms with Crippen LogP contribution in [0.4, 0.5) is 16.3 Å². The molecule has 1 saturated heterocycles.